The first-order valence-electron chi connectivity index (χ1n) is 7.99. The quantitative estimate of drug-likeness (QED) is 0.771. The predicted octanol–water partition coefficient (Wildman–Crippen LogP) is 2.72. The molecule has 1 aliphatic rings. The number of hydrogen-bond donors (Lipinski definition) is 2. The van der Waals surface area contributed by atoms with Crippen molar-refractivity contribution in [3.63, 3.8) is 0 Å². The highest BCUT2D eigenvalue weighted by Gasteiger charge is 2.22. The lowest BCUT2D eigenvalue weighted by Gasteiger charge is -2.28. The second-order valence-corrected chi connectivity index (χ2v) is 5.91. The summed E-state index contributed by atoms with van der Waals surface area (Å²) >= 11 is 0. The van der Waals surface area contributed by atoms with Crippen molar-refractivity contribution < 1.29 is 14.3 Å². The number of allylic oxidation sites excluding steroid dienone is 1. The van der Waals surface area contributed by atoms with E-state index < -0.39 is 0 Å². The molecule has 1 aromatic carbocycles. The Balaban J connectivity index is 0.00000288. The van der Waals surface area contributed by atoms with Gasteiger partial charge in [-0.2, -0.15) is 0 Å². The SMILES string of the molecule is C=CCc1cc(C(=O)NC2CCNC(C)C2)cc(OC)c1OC.Cl. The van der Waals surface area contributed by atoms with Gasteiger partial charge in [-0.05, 0) is 44.9 Å². The highest BCUT2D eigenvalue weighted by atomic mass is 35.5. The summed E-state index contributed by atoms with van der Waals surface area (Å²) in [5.41, 5.74) is 1.48. The molecule has 1 fully saturated rings. The number of amides is 1. The van der Waals surface area contributed by atoms with E-state index in [0.29, 0.717) is 29.5 Å². The third-order valence-electron chi connectivity index (χ3n) is 4.14. The van der Waals surface area contributed by atoms with Gasteiger partial charge in [0.15, 0.2) is 11.5 Å². The van der Waals surface area contributed by atoms with Crippen molar-refractivity contribution in [2.75, 3.05) is 20.8 Å². The van der Waals surface area contributed by atoms with Crippen molar-refractivity contribution in [2.45, 2.75) is 38.3 Å². The van der Waals surface area contributed by atoms with E-state index in [-0.39, 0.29) is 24.4 Å². The highest BCUT2D eigenvalue weighted by molar-refractivity contribution is 5.95. The van der Waals surface area contributed by atoms with Gasteiger partial charge in [0, 0.05) is 23.2 Å². The highest BCUT2D eigenvalue weighted by Crippen LogP contribution is 2.33. The minimum Gasteiger partial charge on any atom is -0.493 e. The van der Waals surface area contributed by atoms with E-state index in [4.69, 9.17) is 9.47 Å². The molecule has 1 heterocycles. The summed E-state index contributed by atoms with van der Waals surface area (Å²) in [4.78, 5) is 12.6. The molecule has 0 aromatic heterocycles. The van der Waals surface area contributed by atoms with E-state index in [1.54, 1.807) is 26.4 Å². The van der Waals surface area contributed by atoms with Crippen LogP contribution in [0.15, 0.2) is 24.8 Å². The zero-order chi connectivity index (χ0) is 16.8. The number of carbonyl (C=O) groups excluding carboxylic acids is 1. The van der Waals surface area contributed by atoms with Crippen LogP contribution < -0.4 is 20.1 Å². The number of benzene rings is 1. The minimum atomic E-state index is -0.0737. The van der Waals surface area contributed by atoms with Gasteiger partial charge in [-0.3, -0.25) is 4.79 Å². The molecule has 134 valence electrons. The maximum Gasteiger partial charge on any atom is 0.251 e. The molecular weight excluding hydrogens is 328 g/mol. The molecule has 2 atom stereocenters. The summed E-state index contributed by atoms with van der Waals surface area (Å²) in [6, 6.07) is 4.21. The lowest BCUT2D eigenvalue weighted by atomic mass is 9.99. The normalized spacial score (nSPS) is 19.8. The van der Waals surface area contributed by atoms with Gasteiger partial charge in [-0.25, -0.2) is 0 Å². The molecule has 2 unspecified atom stereocenters. The molecule has 2 N–H and O–H groups in total. The zero-order valence-corrected chi connectivity index (χ0v) is 15.4. The number of rotatable bonds is 6. The van der Waals surface area contributed by atoms with E-state index in [2.05, 4.69) is 24.1 Å². The minimum absolute atomic E-state index is 0. The summed E-state index contributed by atoms with van der Waals surface area (Å²) in [7, 11) is 3.17. The molecule has 0 radical (unpaired) electrons. The van der Waals surface area contributed by atoms with Crippen molar-refractivity contribution in [2.24, 2.45) is 0 Å². The molecule has 2 rings (SSSR count). The fourth-order valence-corrected chi connectivity index (χ4v) is 3.01. The summed E-state index contributed by atoms with van der Waals surface area (Å²) < 4.78 is 10.8. The Kier molecular flexibility index (Phi) is 8.08. The molecule has 24 heavy (non-hydrogen) atoms. The molecule has 0 spiro atoms. The van der Waals surface area contributed by atoms with Crippen molar-refractivity contribution >= 4 is 18.3 Å². The van der Waals surface area contributed by atoms with E-state index in [0.717, 1.165) is 24.9 Å². The van der Waals surface area contributed by atoms with Crippen LogP contribution in [0.25, 0.3) is 0 Å². The second kappa shape index (κ2) is 9.55. The Labute approximate surface area is 150 Å². The standard InChI is InChI=1S/C18H26N2O3.ClH/c1-5-6-13-10-14(11-16(22-3)17(13)23-4)18(21)20-15-7-8-19-12(2)9-15;/h5,10-12,15,19H,1,6-9H2,2-4H3,(H,20,21);1H. The number of piperidine rings is 1. The molecule has 0 aliphatic carbocycles. The van der Waals surface area contributed by atoms with Gasteiger partial charge in [0.05, 0.1) is 14.2 Å². The lowest BCUT2D eigenvalue weighted by molar-refractivity contribution is 0.0925. The summed E-state index contributed by atoms with van der Waals surface area (Å²) in [6.07, 6.45) is 4.29. The van der Waals surface area contributed by atoms with Crippen LogP contribution in [-0.2, 0) is 6.42 Å². The van der Waals surface area contributed by atoms with E-state index >= 15 is 0 Å². The van der Waals surface area contributed by atoms with E-state index in [9.17, 15) is 4.79 Å². The first-order valence-corrected chi connectivity index (χ1v) is 7.99. The van der Waals surface area contributed by atoms with Crippen LogP contribution in [0.5, 0.6) is 11.5 Å². The van der Waals surface area contributed by atoms with Crippen LogP contribution in [0.3, 0.4) is 0 Å². The second-order valence-electron chi connectivity index (χ2n) is 5.91. The number of carbonyl (C=O) groups is 1. The van der Waals surface area contributed by atoms with Crippen LogP contribution in [0, 0.1) is 0 Å². The lowest BCUT2D eigenvalue weighted by Crippen LogP contribution is -2.46. The van der Waals surface area contributed by atoms with Gasteiger partial charge < -0.3 is 20.1 Å². The average Bonchev–Trinajstić information content (AvgIpc) is 2.54. The Morgan fingerprint density at radius 2 is 2.17 bits per heavy atom. The van der Waals surface area contributed by atoms with Crippen LogP contribution >= 0.6 is 12.4 Å². The summed E-state index contributed by atoms with van der Waals surface area (Å²) in [6.45, 7) is 6.83. The van der Waals surface area contributed by atoms with Crippen LogP contribution in [0.4, 0.5) is 0 Å². The fraction of sp³-hybridized carbons (Fsp3) is 0.500. The van der Waals surface area contributed by atoms with Gasteiger partial charge in [0.25, 0.3) is 5.91 Å². The third kappa shape index (κ3) is 4.89. The van der Waals surface area contributed by atoms with Gasteiger partial charge in [0.2, 0.25) is 0 Å². The van der Waals surface area contributed by atoms with Crippen LogP contribution in [0.2, 0.25) is 0 Å². The molecule has 5 nitrogen and oxygen atoms in total. The maximum absolute atomic E-state index is 12.6. The first kappa shape index (κ1) is 20.3. The average molecular weight is 355 g/mol. The van der Waals surface area contributed by atoms with Crippen molar-refractivity contribution in [1.82, 2.24) is 10.6 Å². The number of halogens is 1. The molecule has 1 amide bonds. The Morgan fingerprint density at radius 1 is 1.42 bits per heavy atom. The Bertz CT molecular complexity index is 578. The number of ether oxygens (including phenoxy) is 2. The van der Waals surface area contributed by atoms with Gasteiger partial charge >= 0.3 is 0 Å². The largest absolute Gasteiger partial charge is 0.493 e. The molecule has 1 aromatic rings. The van der Waals surface area contributed by atoms with Gasteiger partial charge in [-0.15, -0.1) is 19.0 Å². The smallest absolute Gasteiger partial charge is 0.251 e. The topological polar surface area (TPSA) is 59.6 Å². The van der Waals surface area contributed by atoms with Gasteiger partial charge in [0.1, 0.15) is 0 Å². The summed E-state index contributed by atoms with van der Waals surface area (Å²) in [5.74, 6) is 1.14. The number of nitrogens with one attached hydrogen (secondary N) is 2. The van der Waals surface area contributed by atoms with E-state index in [1.165, 1.54) is 0 Å². The zero-order valence-electron chi connectivity index (χ0n) is 14.6. The molecular formula is C18H27ClN2O3. The summed E-state index contributed by atoms with van der Waals surface area (Å²) in [5, 5.41) is 6.51. The maximum atomic E-state index is 12.6. The Hall–Kier alpha value is -1.72. The Morgan fingerprint density at radius 3 is 2.75 bits per heavy atom. The van der Waals surface area contributed by atoms with Crippen molar-refractivity contribution in [3.05, 3.63) is 35.9 Å². The molecule has 1 saturated heterocycles. The number of hydrogen-bond acceptors (Lipinski definition) is 4. The molecule has 1 aliphatic heterocycles. The number of methoxy groups -OCH3 is 2. The first-order chi connectivity index (χ1) is 11.1. The third-order valence-corrected chi connectivity index (χ3v) is 4.14. The fourth-order valence-electron chi connectivity index (χ4n) is 3.01. The van der Waals surface area contributed by atoms with Crippen LogP contribution in [0.1, 0.15) is 35.7 Å². The monoisotopic (exact) mass is 354 g/mol. The molecule has 0 saturated carbocycles. The van der Waals surface area contributed by atoms with Gasteiger partial charge in [-0.1, -0.05) is 6.08 Å². The van der Waals surface area contributed by atoms with Crippen molar-refractivity contribution in [3.8, 4) is 11.5 Å². The predicted molar refractivity (Wildman–Crippen MR) is 98.6 cm³/mol. The molecule has 6 heteroatoms. The van der Waals surface area contributed by atoms with Crippen LogP contribution in [-0.4, -0.2) is 38.8 Å². The van der Waals surface area contributed by atoms with E-state index in [1.807, 2.05) is 6.07 Å². The molecule has 0 bridgehead atoms. The van der Waals surface area contributed by atoms with Crippen molar-refractivity contribution in [1.29, 1.82) is 0 Å².